The summed E-state index contributed by atoms with van der Waals surface area (Å²) >= 11 is 0. The van der Waals surface area contributed by atoms with E-state index >= 15 is 0 Å². The standard InChI is InChI=1S/C20H31NO4/c1-2-3-4-5-6-7-8-9-10-11-12-13-14-15-16-17-18-19(20(22)23)21(24)25/h3-4,6-7,9-10,12-13,19H,2,5,8,11,14-18H2,1H3,(H,22,23)/b4-3+,7-6+,10-9+,13-12+. The molecule has 5 nitrogen and oxygen atoms in total. The summed E-state index contributed by atoms with van der Waals surface area (Å²) in [7, 11) is 0. The summed E-state index contributed by atoms with van der Waals surface area (Å²) in [6.07, 6.45) is 24.5. The minimum atomic E-state index is -1.46. The Morgan fingerprint density at radius 2 is 1.44 bits per heavy atom. The highest BCUT2D eigenvalue weighted by Crippen LogP contribution is 2.09. The minimum Gasteiger partial charge on any atom is -0.476 e. The second-order valence-corrected chi connectivity index (χ2v) is 5.78. The Kier molecular flexibility index (Phi) is 15.2. The van der Waals surface area contributed by atoms with E-state index in [0.717, 1.165) is 44.9 Å². The van der Waals surface area contributed by atoms with Crippen LogP contribution in [0.3, 0.4) is 0 Å². The van der Waals surface area contributed by atoms with E-state index in [1.165, 1.54) is 0 Å². The van der Waals surface area contributed by atoms with Gasteiger partial charge in [0.25, 0.3) is 0 Å². The van der Waals surface area contributed by atoms with Gasteiger partial charge in [-0.2, -0.15) is 0 Å². The molecule has 0 aliphatic heterocycles. The van der Waals surface area contributed by atoms with Gasteiger partial charge in [0.2, 0.25) is 0 Å². The molecule has 140 valence electrons. The van der Waals surface area contributed by atoms with Crippen molar-refractivity contribution in [3.63, 3.8) is 0 Å². The van der Waals surface area contributed by atoms with Crippen LogP contribution in [-0.4, -0.2) is 22.0 Å². The molecular formula is C20H31NO4. The Morgan fingerprint density at radius 3 is 1.92 bits per heavy atom. The molecule has 0 radical (unpaired) electrons. The summed E-state index contributed by atoms with van der Waals surface area (Å²) < 4.78 is 0. The highest BCUT2D eigenvalue weighted by Gasteiger charge is 2.27. The molecule has 5 heteroatoms. The number of hydrogen-bond acceptors (Lipinski definition) is 3. The summed E-state index contributed by atoms with van der Waals surface area (Å²) in [4.78, 5) is 20.5. The van der Waals surface area contributed by atoms with E-state index in [-0.39, 0.29) is 6.42 Å². The van der Waals surface area contributed by atoms with E-state index in [1.807, 2.05) is 0 Å². The molecule has 0 aromatic rings. The number of nitro groups is 1. The van der Waals surface area contributed by atoms with Gasteiger partial charge in [0.05, 0.1) is 0 Å². The lowest BCUT2D eigenvalue weighted by molar-refractivity contribution is -0.511. The zero-order chi connectivity index (χ0) is 18.8. The first kappa shape index (κ1) is 22.8. The van der Waals surface area contributed by atoms with Crippen molar-refractivity contribution in [3.8, 4) is 0 Å². The fourth-order valence-corrected chi connectivity index (χ4v) is 2.19. The Balaban J connectivity index is 3.57. The summed E-state index contributed by atoms with van der Waals surface area (Å²) in [5.41, 5.74) is 0. The third kappa shape index (κ3) is 15.1. The second kappa shape index (κ2) is 16.7. The van der Waals surface area contributed by atoms with Gasteiger partial charge in [0, 0.05) is 11.3 Å². The van der Waals surface area contributed by atoms with E-state index in [0.29, 0.717) is 6.42 Å². The van der Waals surface area contributed by atoms with Gasteiger partial charge in [-0.3, -0.25) is 10.1 Å². The molecule has 0 aromatic carbocycles. The van der Waals surface area contributed by atoms with Crippen molar-refractivity contribution in [2.24, 2.45) is 0 Å². The quantitative estimate of drug-likeness (QED) is 0.184. The first-order chi connectivity index (χ1) is 12.1. The molecule has 0 rings (SSSR count). The van der Waals surface area contributed by atoms with E-state index < -0.39 is 16.9 Å². The molecule has 0 saturated carbocycles. The largest absolute Gasteiger partial charge is 0.476 e. The number of carboxylic acid groups (broad SMARTS) is 1. The molecule has 0 aliphatic carbocycles. The second-order valence-electron chi connectivity index (χ2n) is 5.78. The predicted octanol–water partition coefficient (Wildman–Crippen LogP) is 5.47. The molecule has 1 N–H and O–H groups in total. The van der Waals surface area contributed by atoms with Crippen molar-refractivity contribution >= 4 is 5.97 Å². The molecule has 1 atom stereocenters. The molecule has 25 heavy (non-hydrogen) atoms. The first-order valence-electron chi connectivity index (χ1n) is 9.05. The lowest BCUT2D eigenvalue weighted by Gasteiger charge is -2.03. The Labute approximate surface area is 151 Å². The van der Waals surface area contributed by atoms with Crippen LogP contribution in [0.1, 0.15) is 64.7 Å². The molecule has 0 aromatic heterocycles. The monoisotopic (exact) mass is 349 g/mol. The van der Waals surface area contributed by atoms with Crippen LogP contribution < -0.4 is 0 Å². The third-order valence-corrected chi connectivity index (χ3v) is 3.61. The van der Waals surface area contributed by atoms with Crippen molar-refractivity contribution in [1.29, 1.82) is 0 Å². The Hall–Kier alpha value is -2.17. The predicted molar refractivity (Wildman–Crippen MR) is 102 cm³/mol. The van der Waals surface area contributed by atoms with Crippen molar-refractivity contribution in [2.45, 2.75) is 70.8 Å². The van der Waals surface area contributed by atoms with Crippen LogP contribution in [-0.2, 0) is 4.79 Å². The summed E-state index contributed by atoms with van der Waals surface area (Å²) in [6, 6.07) is -1.46. The smallest absolute Gasteiger partial charge is 0.379 e. The average Bonchev–Trinajstić information content (AvgIpc) is 2.57. The van der Waals surface area contributed by atoms with Crippen LogP contribution in [0.2, 0.25) is 0 Å². The molecule has 0 spiro atoms. The molecule has 0 amide bonds. The molecule has 0 fully saturated rings. The maximum absolute atomic E-state index is 10.7. The van der Waals surface area contributed by atoms with Gasteiger partial charge in [-0.15, -0.1) is 0 Å². The first-order valence-corrected chi connectivity index (χ1v) is 9.05. The van der Waals surface area contributed by atoms with Gasteiger partial charge in [0.1, 0.15) is 0 Å². The zero-order valence-electron chi connectivity index (χ0n) is 15.2. The lowest BCUT2D eigenvalue weighted by atomic mass is 10.1. The van der Waals surface area contributed by atoms with Crippen LogP contribution >= 0.6 is 0 Å². The number of rotatable bonds is 15. The molecule has 0 bridgehead atoms. The highest BCUT2D eigenvalue weighted by atomic mass is 16.6. The number of carbonyl (C=O) groups is 1. The van der Waals surface area contributed by atoms with Gasteiger partial charge in [-0.05, 0) is 44.9 Å². The maximum atomic E-state index is 10.7. The topological polar surface area (TPSA) is 80.4 Å². The Bertz CT molecular complexity index is 464. The average molecular weight is 349 g/mol. The molecule has 0 heterocycles. The lowest BCUT2D eigenvalue weighted by Crippen LogP contribution is -2.28. The van der Waals surface area contributed by atoms with Crippen molar-refractivity contribution in [1.82, 2.24) is 0 Å². The number of hydrogen-bond donors (Lipinski definition) is 1. The fourth-order valence-electron chi connectivity index (χ4n) is 2.19. The fraction of sp³-hybridized carbons (Fsp3) is 0.550. The van der Waals surface area contributed by atoms with Gasteiger partial charge in [-0.25, -0.2) is 4.79 Å². The molecule has 1 unspecified atom stereocenters. The van der Waals surface area contributed by atoms with E-state index in [9.17, 15) is 14.9 Å². The highest BCUT2D eigenvalue weighted by molar-refractivity contribution is 5.71. The van der Waals surface area contributed by atoms with Crippen molar-refractivity contribution in [2.75, 3.05) is 0 Å². The molecular weight excluding hydrogens is 318 g/mol. The minimum absolute atomic E-state index is 0.108. The number of nitrogens with zero attached hydrogens (tertiary/aromatic N) is 1. The molecule has 0 aliphatic rings. The third-order valence-electron chi connectivity index (χ3n) is 3.61. The number of aliphatic carboxylic acids is 1. The van der Waals surface area contributed by atoms with Crippen LogP contribution in [0.25, 0.3) is 0 Å². The van der Waals surface area contributed by atoms with Crippen LogP contribution in [0.4, 0.5) is 0 Å². The zero-order valence-corrected chi connectivity index (χ0v) is 15.2. The summed E-state index contributed by atoms with van der Waals surface area (Å²) in [5, 5.41) is 19.2. The molecule has 0 saturated heterocycles. The van der Waals surface area contributed by atoms with Crippen LogP contribution in [0.5, 0.6) is 0 Å². The SMILES string of the molecule is CC/C=C/C/C=C/C/C=C/C/C=C/CCCCCC(C(=O)O)[N+](=O)[O-]. The van der Waals surface area contributed by atoms with Gasteiger partial charge >= 0.3 is 12.0 Å². The summed E-state index contributed by atoms with van der Waals surface area (Å²) in [5.74, 6) is -1.34. The van der Waals surface area contributed by atoms with Gasteiger partial charge < -0.3 is 5.11 Å². The van der Waals surface area contributed by atoms with E-state index in [1.54, 1.807) is 0 Å². The van der Waals surface area contributed by atoms with Crippen molar-refractivity contribution in [3.05, 3.63) is 58.7 Å². The van der Waals surface area contributed by atoms with E-state index in [2.05, 4.69) is 55.5 Å². The summed E-state index contributed by atoms with van der Waals surface area (Å²) in [6.45, 7) is 2.13. The van der Waals surface area contributed by atoms with Gasteiger partial charge in [0.15, 0.2) is 0 Å². The number of allylic oxidation sites excluding steroid dienone is 8. The van der Waals surface area contributed by atoms with Crippen molar-refractivity contribution < 1.29 is 14.8 Å². The number of carboxylic acids is 1. The maximum Gasteiger partial charge on any atom is 0.379 e. The van der Waals surface area contributed by atoms with E-state index in [4.69, 9.17) is 5.11 Å². The van der Waals surface area contributed by atoms with Crippen LogP contribution in [0, 0.1) is 10.1 Å². The van der Waals surface area contributed by atoms with Crippen LogP contribution in [0.15, 0.2) is 48.6 Å². The Morgan fingerprint density at radius 1 is 0.920 bits per heavy atom. The van der Waals surface area contributed by atoms with Gasteiger partial charge in [-0.1, -0.05) is 62.0 Å². The number of unbranched alkanes of at least 4 members (excludes halogenated alkanes) is 3. The normalized spacial score (nSPS) is 13.5.